The van der Waals surface area contributed by atoms with Crippen molar-refractivity contribution in [3.05, 3.63) is 29.8 Å². The molecule has 108 valence electrons. The first-order chi connectivity index (χ1) is 9.83. The van der Waals surface area contributed by atoms with Crippen LogP contribution in [0.2, 0.25) is 0 Å². The third-order valence-electron chi connectivity index (χ3n) is 4.09. The van der Waals surface area contributed by atoms with Crippen molar-refractivity contribution >= 4 is 5.71 Å². The molecule has 1 fully saturated rings. The van der Waals surface area contributed by atoms with Crippen molar-refractivity contribution in [3.63, 3.8) is 0 Å². The van der Waals surface area contributed by atoms with Crippen LogP contribution in [0.1, 0.15) is 31.7 Å². The van der Waals surface area contributed by atoms with Crippen molar-refractivity contribution in [2.45, 2.75) is 32.3 Å². The number of nitrogens with one attached hydrogen (secondary N) is 2. The Morgan fingerprint density at radius 3 is 2.50 bits per heavy atom. The number of ether oxygens (including phenoxy) is 1. The van der Waals surface area contributed by atoms with E-state index in [0.717, 1.165) is 50.4 Å². The molecular formula is C16H23N3O. The number of piperidine rings is 1. The summed E-state index contributed by atoms with van der Waals surface area (Å²) in [5.41, 5.74) is 5.45. The average molecular weight is 273 g/mol. The highest BCUT2D eigenvalue weighted by Gasteiger charge is 2.17. The van der Waals surface area contributed by atoms with Crippen LogP contribution in [0.25, 0.3) is 0 Å². The monoisotopic (exact) mass is 273 g/mol. The van der Waals surface area contributed by atoms with Crippen molar-refractivity contribution in [1.82, 2.24) is 10.7 Å². The summed E-state index contributed by atoms with van der Waals surface area (Å²) in [5.74, 6) is 1.49. The summed E-state index contributed by atoms with van der Waals surface area (Å²) in [5, 5.41) is 7.80. The van der Waals surface area contributed by atoms with Crippen LogP contribution in [-0.4, -0.2) is 31.4 Å². The van der Waals surface area contributed by atoms with E-state index in [4.69, 9.17) is 4.74 Å². The molecule has 1 aromatic carbocycles. The molecule has 1 aromatic rings. The van der Waals surface area contributed by atoms with Crippen LogP contribution in [0.4, 0.5) is 0 Å². The fourth-order valence-electron chi connectivity index (χ4n) is 2.83. The molecular weight excluding hydrogens is 250 g/mol. The molecule has 0 aromatic heterocycles. The minimum absolute atomic E-state index is 0.356. The van der Waals surface area contributed by atoms with Crippen LogP contribution < -0.4 is 15.5 Å². The molecule has 2 aliphatic heterocycles. The topological polar surface area (TPSA) is 45.7 Å². The quantitative estimate of drug-likeness (QED) is 0.887. The summed E-state index contributed by atoms with van der Waals surface area (Å²) in [6.45, 7) is 5.33. The maximum atomic E-state index is 6.03. The molecule has 4 heteroatoms. The Labute approximate surface area is 120 Å². The zero-order valence-corrected chi connectivity index (χ0v) is 12.1. The first-order valence-corrected chi connectivity index (χ1v) is 7.61. The molecule has 0 amide bonds. The van der Waals surface area contributed by atoms with E-state index >= 15 is 0 Å². The molecule has 0 aliphatic carbocycles. The van der Waals surface area contributed by atoms with Gasteiger partial charge in [0, 0.05) is 12.5 Å². The minimum atomic E-state index is 0.356. The second-order valence-corrected chi connectivity index (χ2v) is 5.69. The maximum absolute atomic E-state index is 6.03. The van der Waals surface area contributed by atoms with Gasteiger partial charge in [0.1, 0.15) is 11.9 Å². The molecule has 2 heterocycles. The molecule has 3 rings (SSSR count). The summed E-state index contributed by atoms with van der Waals surface area (Å²) in [6, 6.07) is 8.39. The maximum Gasteiger partial charge on any atom is 0.119 e. The normalized spacial score (nSPS) is 23.9. The van der Waals surface area contributed by atoms with Crippen LogP contribution in [-0.2, 0) is 0 Å². The van der Waals surface area contributed by atoms with Gasteiger partial charge in [-0.05, 0) is 62.2 Å². The van der Waals surface area contributed by atoms with Crippen molar-refractivity contribution < 1.29 is 4.74 Å². The standard InChI is InChI=1S/C16H23N3O/c1-12-6-11-18-19-16(12)13-2-4-14(5-3-13)20-15-7-9-17-10-8-15/h2-5,12,15,17-18H,6-11H2,1H3. The molecule has 20 heavy (non-hydrogen) atoms. The van der Waals surface area contributed by atoms with E-state index in [1.165, 1.54) is 5.56 Å². The number of benzene rings is 1. The molecule has 0 radical (unpaired) electrons. The van der Waals surface area contributed by atoms with Crippen LogP contribution in [0.3, 0.4) is 0 Å². The van der Waals surface area contributed by atoms with Gasteiger partial charge in [0.15, 0.2) is 0 Å². The van der Waals surface area contributed by atoms with Crippen molar-refractivity contribution in [2.75, 3.05) is 19.6 Å². The lowest BCUT2D eigenvalue weighted by Crippen LogP contribution is -2.34. The van der Waals surface area contributed by atoms with Crippen LogP contribution in [0.15, 0.2) is 29.4 Å². The average Bonchev–Trinajstić information content (AvgIpc) is 2.50. The Balaban J connectivity index is 1.66. The summed E-state index contributed by atoms with van der Waals surface area (Å²) in [7, 11) is 0. The van der Waals surface area contributed by atoms with Gasteiger partial charge in [-0.2, -0.15) is 5.10 Å². The summed E-state index contributed by atoms with van der Waals surface area (Å²) < 4.78 is 6.03. The van der Waals surface area contributed by atoms with Gasteiger partial charge in [-0.1, -0.05) is 6.92 Å². The molecule has 2 aliphatic rings. The van der Waals surface area contributed by atoms with E-state index in [9.17, 15) is 0 Å². The summed E-state index contributed by atoms with van der Waals surface area (Å²) >= 11 is 0. The predicted molar refractivity (Wildman–Crippen MR) is 81.3 cm³/mol. The van der Waals surface area contributed by atoms with Gasteiger partial charge in [-0.3, -0.25) is 0 Å². The highest BCUT2D eigenvalue weighted by molar-refractivity contribution is 6.02. The van der Waals surface area contributed by atoms with Gasteiger partial charge < -0.3 is 15.5 Å². The van der Waals surface area contributed by atoms with Gasteiger partial charge in [-0.15, -0.1) is 0 Å². The lowest BCUT2D eigenvalue weighted by molar-refractivity contribution is 0.162. The molecule has 0 spiro atoms. The van der Waals surface area contributed by atoms with Crippen LogP contribution >= 0.6 is 0 Å². The molecule has 4 nitrogen and oxygen atoms in total. The van der Waals surface area contributed by atoms with Crippen LogP contribution in [0, 0.1) is 5.92 Å². The van der Waals surface area contributed by atoms with Crippen molar-refractivity contribution in [3.8, 4) is 5.75 Å². The predicted octanol–water partition coefficient (Wildman–Crippen LogP) is 2.15. The number of hydrogen-bond donors (Lipinski definition) is 2. The lowest BCUT2D eigenvalue weighted by Gasteiger charge is -2.24. The molecule has 1 saturated heterocycles. The number of rotatable bonds is 3. The molecule has 1 unspecified atom stereocenters. The van der Waals surface area contributed by atoms with E-state index in [0.29, 0.717) is 12.0 Å². The fourth-order valence-corrected chi connectivity index (χ4v) is 2.83. The van der Waals surface area contributed by atoms with Gasteiger partial charge in [0.05, 0.1) is 5.71 Å². The van der Waals surface area contributed by atoms with E-state index < -0.39 is 0 Å². The molecule has 0 saturated carbocycles. The third-order valence-corrected chi connectivity index (χ3v) is 4.09. The minimum Gasteiger partial charge on any atom is -0.490 e. The largest absolute Gasteiger partial charge is 0.490 e. The van der Waals surface area contributed by atoms with Gasteiger partial charge >= 0.3 is 0 Å². The Bertz CT molecular complexity index is 463. The molecule has 1 atom stereocenters. The van der Waals surface area contributed by atoms with Crippen molar-refractivity contribution in [1.29, 1.82) is 0 Å². The lowest BCUT2D eigenvalue weighted by atomic mass is 9.94. The number of nitrogens with zero attached hydrogens (tertiary/aromatic N) is 1. The Hall–Kier alpha value is -1.55. The second-order valence-electron chi connectivity index (χ2n) is 5.69. The first kappa shape index (κ1) is 13.4. The Morgan fingerprint density at radius 1 is 1.05 bits per heavy atom. The zero-order chi connectivity index (χ0) is 13.8. The second kappa shape index (κ2) is 6.27. The number of hydrazone groups is 1. The van der Waals surface area contributed by atoms with E-state index in [2.05, 4.69) is 47.0 Å². The SMILES string of the molecule is CC1CCNN=C1c1ccc(OC2CCNCC2)cc1. The molecule has 0 bridgehead atoms. The molecule has 2 N–H and O–H groups in total. The van der Waals surface area contributed by atoms with Crippen LogP contribution in [0.5, 0.6) is 5.75 Å². The zero-order valence-electron chi connectivity index (χ0n) is 12.1. The summed E-state index contributed by atoms with van der Waals surface area (Å²) in [6.07, 6.45) is 3.69. The summed E-state index contributed by atoms with van der Waals surface area (Å²) in [4.78, 5) is 0. The fraction of sp³-hybridized carbons (Fsp3) is 0.562. The van der Waals surface area contributed by atoms with Gasteiger partial charge in [0.25, 0.3) is 0 Å². The van der Waals surface area contributed by atoms with Gasteiger partial charge in [-0.25, -0.2) is 0 Å². The highest BCUT2D eigenvalue weighted by Crippen LogP contribution is 2.21. The Morgan fingerprint density at radius 2 is 1.80 bits per heavy atom. The third kappa shape index (κ3) is 3.12. The number of hydrogen-bond acceptors (Lipinski definition) is 4. The van der Waals surface area contributed by atoms with Gasteiger partial charge in [0.2, 0.25) is 0 Å². The first-order valence-electron chi connectivity index (χ1n) is 7.61. The smallest absolute Gasteiger partial charge is 0.119 e. The Kier molecular flexibility index (Phi) is 4.21. The van der Waals surface area contributed by atoms with E-state index in [1.54, 1.807) is 0 Å². The van der Waals surface area contributed by atoms with E-state index in [1.807, 2.05) is 0 Å². The van der Waals surface area contributed by atoms with Crippen molar-refractivity contribution in [2.24, 2.45) is 11.0 Å². The van der Waals surface area contributed by atoms with E-state index in [-0.39, 0.29) is 0 Å². The highest BCUT2D eigenvalue weighted by atomic mass is 16.5.